The van der Waals surface area contributed by atoms with Gasteiger partial charge in [-0.15, -0.1) is 0 Å². The lowest BCUT2D eigenvalue weighted by Gasteiger charge is -2.29. The average molecular weight is 271 g/mol. The molecule has 2 N–H and O–H groups in total. The normalized spacial score (nSPS) is 35.3. The van der Waals surface area contributed by atoms with E-state index in [0.717, 1.165) is 38.6 Å². The van der Waals surface area contributed by atoms with Crippen LogP contribution in [0, 0.1) is 5.92 Å². The van der Waals surface area contributed by atoms with Gasteiger partial charge in [-0.1, -0.05) is 0 Å². The smallest absolute Gasteiger partial charge is 0.308 e. The number of carbonyl (C=O) groups excluding carboxylic acids is 1. The molecule has 2 fully saturated rings. The third-order valence-corrected chi connectivity index (χ3v) is 4.08. The summed E-state index contributed by atoms with van der Waals surface area (Å²) in [5, 5.41) is 12.3. The summed E-state index contributed by atoms with van der Waals surface area (Å²) in [6.45, 7) is 3.31. The molecule has 1 heterocycles. The Morgan fingerprint density at radius 1 is 1.26 bits per heavy atom. The minimum absolute atomic E-state index is 0.0520. The zero-order chi connectivity index (χ0) is 13.7. The van der Waals surface area contributed by atoms with Crippen LogP contribution in [0.1, 0.15) is 39.0 Å². The molecule has 2 aliphatic rings. The largest absolute Gasteiger partial charge is 0.466 e. The molecule has 0 unspecified atom stereocenters. The summed E-state index contributed by atoms with van der Waals surface area (Å²) in [4.78, 5) is 11.6. The number of hydrogen-bond donors (Lipinski definition) is 2. The molecular formula is C14H25NO4. The van der Waals surface area contributed by atoms with Crippen molar-refractivity contribution in [2.24, 2.45) is 5.92 Å². The maximum atomic E-state index is 11.6. The molecule has 0 bridgehead atoms. The third kappa shape index (κ3) is 4.16. The van der Waals surface area contributed by atoms with Crippen molar-refractivity contribution in [3.05, 3.63) is 0 Å². The van der Waals surface area contributed by atoms with E-state index in [9.17, 15) is 4.79 Å². The molecule has 5 nitrogen and oxygen atoms in total. The Hall–Kier alpha value is -0.650. The van der Waals surface area contributed by atoms with Crippen molar-refractivity contribution >= 4 is 5.97 Å². The molecule has 1 aliphatic carbocycles. The highest BCUT2D eigenvalue weighted by Gasteiger charge is 2.31. The van der Waals surface area contributed by atoms with Gasteiger partial charge in [0.1, 0.15) is 0 Å². The predicted octanol–water partition coefficient (Wildman–Crippen LogP) is 0.848. The summed E-state index contributed by atoms with van der Waals surface area (Å²) in [5.41, 5.74) is 0. The number of ether oxygens (including phenoxy) is 2. The van der Waals surface area contributed by atoms with Gasteiger partial charge in [-0.2, -0.15) is 0 Å². The van der Waals surface area contributed by atoms with Crippen LogP contribution in [0.3, 0.4) is 0 Å². The number of esters is 1. The van der Waals surface area contributed by atoms with Gasteiger partial charge in [0.25, 0.3) is 0 Å². The second-order valence-electron chi connectivity index (χ2n) is 5.51. The Balaban J connectivity index is 1.68. The quantitative estimate of drug-likeness (QED) is 0.726. The molecule has 110 valence electrons. The number of aliphatic hydroxyl groups is 1. The van der Waals surface area contributed by atoms with Gasteiger partial charge in [0.2, 0.25) is 0 Å². The highest BCUT2D eigenvalue weighted by Crippen LogP contribution is 2.29. The van der Waals surface area contributed by atoms with Crippen LogP contribution < -0.4 is 5.32 Å². The van der Waals surface area contributed by atoms with Crippen molar-refractivity contribution in [3.8, 4) is 0 Å². The fourth-order valence-electron chi connectivity index (χ4n) is 2.99. The molecule has 0 aromatic heterocycles. The second-order valence-corrected chi connectivity index (χ2v) is 5.51. The summed E-state index contributed by atoms with van der Waals surface area (Å²) in [7, 11) is 0. The molecule has 5 heteroatoms. The van der Waals surface area contributed by atoms with Gasteiger partial charge >= 0.3 is 5.97 Å². The molecule has 1 saturated heterocycles. The van der Waals surface area contributed by atoms with E-state index in [1.807, 2.05) is 6.92 Å². The molecule has 1 aliphatic heterocycles. The van der Waals surface area contributed by atoms with Gasteiger partial charge in [0.15, 0.2) is 0 Å². The van der Waals surface area contributed by atoms with Crippen LogP contribution in [0.2, 0.25) is 0 Å². The van der Waals surface area contributed by atoms with Crippen LogP contribution in [0.15, 0.2) is 0 Å². The molecule has 2 rings (SSSR count). The van der Waals surface area contributed by atoms with Crippen LogP contribution in [-0.4, -0.2) is 49.1 Å². The zero-order valence-corrected chi connectivity index (χ0v) is 11.6. The van der Waals surface area contributed by atoms with E-state index < -0.39 is 0 Å². The molecule has 0 aromatic carbocycles. The SMILES string of the molecule is CCOC(=O)C1CCC(O[C@H]2CN[C@H](CO)C2)CC1. The van der Waals surface area contributed by atoms with Gasteiger partial charge in [-0.05, 0) is 39.0 Å². The van der Waals surface area contributed by atoms with Crippen LogP contribution >= 0.6 is 0 Å². The van der Waals surface area contributed by atoms with E-state index in [1.165, 1.54) is 0 Å². The third-order valence-electron chi connectivity index (χ3n) is 4.08. The van der Waals surface area contributed by atoms with Crippen molar-refractivity contribution in [2.75, 3.05) is 19.8 Å². The standard InChI is InChI=1S/C14H25NO4/c1-2-18-14(17)10-3-5-12(6-4-10)19-13-7-11(9-16)15-8-13/h10-13,15-16H,2-9H2,1H3/t10?,11-,12?,13+/m0/s1. The Morgan fingerprint density at radius 3 is 2.58 bits per heavy atom. The maximum absolute atomic E-state index is 11.6. The fourth-order valence-corrected chi connectivity index (χ4v) is 2.99. The van der Waals surface area contributed by atoms with E-state index in [0.29, 0.717) is 6.61 Å². The van der Waals surface area contributed by atoms with E-state index in [4.69, 9.17) is 14.6 Å². The van der Waals surface area contributed by atoms with Crippen molar-refractivity contribution in [1.29, 1.82) is 0 Å². The molecule has 0 amide bonds. The first-order valence-corrected chi connectivity index (χ1v) is 7.39. The molecular weight excluding hydrogens is 246 g/mol. The minimum atomic E-state index is -0.0520. The van der Waals surface area contributed by atoms with E-state index in [1.54, 1.807) is 0 Å². The molecule has 1 saturated carbocycles. The first-order valence-electron chi connectivity index (χ1n) is 7.39. The molecule has 0 aromatic rings. The van der Waals surface area contributed by atoms with Crippen molar-refractivity contribution in [2.45, 2.75) is 57.3 Å². The lowest BCUT2D eigenvalue weighted by molar-refractivity contribution is -0.150. The van der Waals surface area contributed by atoms with Crippen molar-refractivity contribution in [1.82, 2.24) is 5.32 Å². The Morgan fingerprint density at radius 2 is 2.00 bits per heavy atom. The zero-order valence-electron chi connectivity index (χ0n) is 11.6. The van der Waals surface area contributed by atoms with Gasteiger partial charge in [-0.25, -0.2) is 0 Å². The van der Waals surface area contributed by atoms with Crippen LogP contribution in [0.25, 0.3) is 0 Å². The van der Waals surface area contributed by atoms with Gasteiger partial charge in [-0.3, -0.25) is 4.79 Å². The summed E-state index contributed by atoms with van der Waals surface area (Å²) < 4.78 is 11.1. The number of rotatable bonds is 5. The van der Waals surface area contributed by atoms with Crippen LogP contribution in [-0.2, 0) is 14.3 Å². The van der Waals surface area contributed by atoms with Gasteiger partial charge < -0.3 is 19.9 Å². The Bertz CT molecular complexity index is 289. The lowest BCUT2D eigenvalue weighted by atomic mass is 9.87. The summed E-state index contributed by atoms with van der Waals surface area (Å²) in [6.07, 6.45) is 4.96. The fraction of sp³-hybridized carbons (Fsp3) is 0.929. The van der Waals surface area contributed by atoms with E-state index in [2.05, 4.69) is 5.32 Å². The molecule has 0 radical (unpaired) electrons. The van der Waals surface area contributed by atoms with Crippen molar-refractivity contribution < 1.29 is 19.4 Å². The van der Waals surface area contributed by atoms with E-state index in [-0.39, 0.29) is 36.7 Å². The topological polar surface area (TPSA) is 67.8 Å². The molecule has 2 atom stereocenters. The predicted molar refractivity (Wildman–Crippen MR) is 70.7 cm³/mol. The highest BCUT2D eigenvalue weighted by molar-refractivity contribution is 5.72. The maximum Gasteiger partial charge on any atom is 0.308 e. The summed E-state index contributed by atoms with van der Waals surface area (Å²) in [5.74, 6) is 0.00974. The van der Waals surface area contributed by atoms with Gasteiger partial charge in [0.05, 0.1) is 31.3 Å². The number of nitrogens with one attached hydrogen (secondary N) is 1. The second kappa shape index (κ2) is 7.22. The number of hydrogen-bond acceptors (Lipinski definition) is 5. The monoisotopic (exact) mass is 271 g/mol. The summed E-state index contributed by atoms with van der Waals surface area (Å²) in [6, 6.07) is 0.181. The summed E-state index contributed by atoms with van der Waals surface area (Å²) >= 11 is 0. The van der Waals surface area contributed by atoms with Gasteiger partial charge in [0, 0.05) is 12.6 Å². The first-order chi connectivity index (χ1) is 9.22. The van der Waals surface area contributed by atoms with Crippen molar-refractivity contribution in [3.63, 3.8) is 0 Å². The highest BCUT2D eigenvalue weighted by atomic mass is 16.5. The van der Waals surface area contributed by atoms with E-state index >= 15 is 0 Å². The minimum Gasteiger partial charge on any atom is -0.466 e. The lowest BCUT2D eigenvalue weighted by Crippen LogP contribution is -2.31. The number of carbonyl (C=O) groups is 1. The number of aliphatic hydroxyl groups excluding tert-OH is 1. The first kappa shape index (κ1) is 14.8. The molecule has 0 spiro atoms. The molecule has 19 heavy (non-hydrogen) atoms. The van der Waals surface area contributed by atoms with Crippen LogP contribution in [0.4, 0.5) is 0 Å². The van der Waals surface area contributed by atoms with Crippen LogP contribution in [0.5, 0.6) is 0 Å². The Kier molecular flexibility index (Phi) is 5.60. The Labute approximate surface area is 114 Å². The average Bonchev–Trinajstić information content (AvgIpc) is 2.87.